The van der Waals surface area contributed by atoms with Crippen molar-refractivity contribution in [2.45, 2.75) is 11.8 Å². The largest absolute Gasteiger partial charge is 0.475 e. The van der Waals surface area contributed by atoms with Gasteiger partial charge in [-0.15, -0.1) is 10.2 Å². The van der Waals surface area contributed by atoms with Crippen molar-refractivity contribution in [2.24, 2.45) is 0 Å². The van der Waals surface area contributed by atoms with Crippen LogP contribution in [0.2, 0.25) is 0 Å². The Balaban J connectivity index is 1.54. The molecule has 3 rings (SSSR count). The van der Waals surface area contributed by atoms with Gasteiger partial charge in [0, 0.05) is 24.2 Å². The first-order chi connectivity index (χ1) is 13.3. The maximum atomic E-state index is 13.6. The Hall–Kier alpha value is -2.91. The molecule has 0 unspecified atom stereocenters. The van der Waals surface area contributed by atoms with E-state index in [1.54, 1.807) is 12.1 Å². The fraction of sp³-hybridized carbons (Fsp3) is 0.158. The van der Waals surface area contributed by atoms with Crippen molar-refractivity contribution in [3.63, 3.8) is 0 Å². The zero-order valence-electron chi connectivity index (χ0n) is 14.9. The van der Waals surface area contributed by atoms with E-state index in [4.69, 9.17) is 4.74 Å². The lowest BCUT2D eigenvalue weighted by Gasteiger charge is -2.09. The van der Waals surface area contributed by atoms with Crippen molar-refractivity contribution in [1.29, 1.82) is 0 Å². The summed E-state index contributed by atoms with van der Waals surface area (Å²) in [5.41, 5.74) is 2.73. The minimum absolute atomic E-state index is 0.0411. The van der Waals surface area contributed by atoms with Crippen LogP contribution in [0.1, 0.15) is 5.56 Å². The monoisotopic (exact) mass is 405 g/mol. The molecule has 1 heterocycles. The van der Waals surface area contributed by atoms with Crippen molar-refractivity contribution < 1.29 is 21.9 Å². The minimum atomic E-state index is -4.12. The van der Waals surface area contributed by atoms with E-state index in [2.05, 4.69) is 14.9 Å². The molecule has 0 bridgehead atoms. The minimum Gasteiger partial charge on any atom is -0.475 e. The molecule has 0 aliphatic carbocycles. The summed E-state index contributed by atoms with van der Waals surface area (Å²) in [4.78, 5) is -0.629. The Labute approximate surface area is 161 Å². The maximum absolute atomic E-state index is 13.6. The van der Waals surface area contributed by atoms with Gasteiger partial charge in [0.25, 0.3) is 0 Å². The third-order valence-corrected chi connectivity index (χ3v) is 5.31. The van der Waals surface area contributed by atoms with Gasteiger partial charge in [0.15, 0.2) is 0 Å². The van der Waals surface area contributed by atoms with Gasteiger partial charge in [0.1, 0.15) is 23.1 Å². The number of benzene rings is 2. The van der Waals surface area contributed by atoms with E-state index >= 15 is 0 Å². The average molecular weight is 405 g/mol. The summed E-state index contributed by atoms with van der Waals surface area (Å²) in [7, 11) is -4.12. The molecule has 3 aromatic rings. The molecule has 0 aliphatic rings. The molecule has 1 aromatic heterocycles. The van der Waals surface area contributed by atoms with Crippen molar-refractivity contribution in [3.8, 4) is 17.1 Å². The normalized spacial score (nSPS) is 11.4. The van der Waals surface area contributed by atoms with Gasteiger partial charge in [-0.1, -0.05) is 29.8 Å². The number of sulfonamides is 1. The van der Waals surface area contributed by atoms with Crippen molar-refractivity contribution in [3.05, 3.63) is 71.8 Å². The van der Waals surface area contributed by atoms with Crippen LogP contribution in [0.3, 0.4) is 0 Å². The molecule has 0 fully saturated rings. The van der Waals surface area contributed by atoms with E-state index in [0.717, 1.165) is 23.3 Å². The van der Waals surface area contributed by atoms with Gasteiger partial charge in [-0.25, -0.2) is 21.9 Å². The fourth-order valence-electron chi connectivity index (χ4n) is 2.38. The highest BCUT2D eigenvalue weighted by molar-refractivity contribution is 7.89. The van der Waals surface area contributed by atoms with E-state index in [0.29, 0.717) is 11.8 Å². The maximum Gasteiger partial charge on any atom is 0.243 e. The Kier molecular flexibility index (Phi) is 5.96. The van der Waals surface area contributed by atoms with Crippen molar-refractivity contribution in [2.75, 3.05) is 13.2 Å². The van der Waals surface area contributed by atoms with E-state index < -0.39 is 26.6 Å². The number of aromatic nitrogens is 2. The van der Waals surface area contributed by atoms with Crippen LogP contribution in [0.4, 0.5) is 8.78 Å². The summed E-state index contributed by atoms with van der Waals surface area (Å²) in [6.45, 7) is 1.83. The first-order valence-electron chi connectivity index (χ1n) is 8.33. The van der Waals surface area contributed by atoms with Crippen LogP contribution in [-0.4, -0.2) is 31.8 Å². The molecular formula is C19H17F2N3O3S. The molecule has 6 nitrogen and oxygen atoms in total. The second-order valence-corrected chi connectivity index (χ2v) is 7.68. The zero-order valence-corrected chi connectivity index (χ0v) is 15.7. The molecule has 2 aromatic carbocycles. The lowest BCUT2D eigenvalue weighted by Crippen LogP contribution is -2.29. The highest BCUT2D eigenvalue weighted by Crippen LogP contribution is 2.18. The smallest absolute Gasteiger partial charge is 0.243 e. The molecule has 146 valence electrons. The SMILES string of the molecule is Cc1ccc(-c2ccc(OCCNS(=O)(=O)c3ccc(F)cc3F)nn2)cc1. The van der Waals surface area contributed by atoms with E-state index in [-0.39, 0.29) is 19.0 Å². The number of nitrogens with zero attached hydrogens (tertiary/aromatic N) is 2. The molecule has 9 heteroatoms. The third kappa shape index (κ3) is 4.87. The topological polar surface area (TPSA) is 81.2 Å². The van der Waals surface area contributed by atoms with Gasteiger partial charge in [0.05, 0.1) is 5.69 Å². The van der Waals surface area contributed by atoms with Gasteiger partial charge in [0.2, 0.25) is 15.9 Å². The number of aryl methyl sites for hydroxylation is 1. The molecule has 0 aliphatic heterocycles. The molecule has 0 saturated carbocycles. The molecule has 0 saturated heterocycles. The second kappa shape index (κ2) is 8.41. The quantitative estimate of drug-likeness (QED) is 0.611. The average Bonchev–Trinajstić information content (AvgIpc) is 2.66. The first-order valence-corrected chi connectivity index (χ1v) is 9.82. The highest BCUT2D eigenvalue weighted by atomic mass is 32.2. The number of halogens is 2. The van der Waals surface area contributed by atoms with Gasteiger partial charge < -0.3 is 4.74 Å². The summed E-state index contributed by atoms with van der Waals surface area (Å²) in [5.74, 6) is -1.79. The molecule has 0 radical (unpaired) electrons. The van der Waals surface area contributed by atoms with Crippen LogP contribution in [0.15, 0.2) is 59.5 Å². The Morgan fingerprint density at radius 1 is 1.00 bits per heavy atom. The van der Waals surface area contributed by atoms with Crippen LogP contribution in [0, 0.1) is 18.6 Å². The summed E-state index contributed by atoms with van der Waals surface area (Å²) in [6.07, 6.45) is 0. The fourth-order valence-corrected chi connectivity index (χ4v) is 3.45. The van der Waals surface area contributed by atoms with Crippen LogP contribution in [0.25, 0.3) is 11.3 Å². The summed E-state index contributed by atoms with van der Waals surface area (Å²) in [5, 5.41) is 8.02. The second-order valence-electron chi connectivity index (χ2n) is 5.94. The lowest BCUT2D eigenvalue weighted by molar-refractivity contribution is 0.307. The molecule has 0 spiro atoms. The van der Waals surface area contributed by atoms with Crippen LogP contribution in [-0.2, 0) is 10.0 Å². The van der Waals surface area contributed by atoms with Crippen LogP contribution < -0.4 is 9.46 Å². The molecule has 0 atom stereocenters. The number of ether oxygens (including phenoxy) is 1. The van der Waals surface area contributed by atoms with Gasteiger partial charge in [-0.2, -0.15) is 0 Å². The van der Waals surface area contributed by atoms with Crippen molar-refractivity contribution in [1.82, 2.24) is 14.9 Å². The zero-order chi connectivity index (χ0) is 20.1. The lowest BCUT2D eigenvalue weighted by atomic mass is 10.1. The Bertz CT molecular complexity index is 1060. The van der Waals surface area contributed by atoms with E-state index in [1.165, 1.54) is 0 Å². The number of hydrogen-bond acceptors (Lipinski definition) is 5. The van der Waals surface area contributed by atoms with E-state index in [1.807, 2.05) is 31.2 Å². The molecule has 0 amide bonds. The Morgan fingerprint density at radius 2 is 1.75 bits per heavy atom. The summed E-state index contributed by atoms with van der Waals surface area (Å²) >= 11 is 0. The van der Waals surface area contributed by atoms with E-state index in [9.17, 15) is 17.2 Å². The first kappa shape index (κ1) is 19.8. The summed E-state index contributed by atoms with van der Waals surface area (Å²) < 4.78 is 58.1. The predicted molar refractivity (Wildman–Crippen MR) is 99.2 cm³/mol. The number of nitrogens with one attached hydrogen (secondary N) is 1. The van der Waals surface area contributed by atoms with Gasteiger partial charge in [-0.3, -0.25) is 0 Å². The van der Waals surface area contributed by atoms with Crippen LogP contribution >= 0.6 is 0 Å². The van der Waals surface area contributed by atoms with Gasteiger partial charge in [-0.05, 0) is 25.1 Å². The van der Waals surface area contributed by atoms with Crippen molar-refractivity contribution >= 4 is 10.0 Å². The van der Waals surface area contributed by atoms with Crippen LogP contribution in [0.5, 0.6) is 5.88 Å². The number of hydrogen-bond donors (Lipinski definition) is 1. The molecular weight excluding hydrogens is 388 g/mol. The predicted octanol–water partition coefficient (Wildman–Crippen LogP) is 3.09. The summed E-state index contributed by atoms with van der Waals surface area (Å²) in [6, 6.07) is 13.4. The highest BCUT2D eigenvalue weighted by Gasteiger charge is 2.19. The molecule has 1 N–H and O–H groups in total. The number of rotatable bonds is 7. The Morgan fingerprint density at radius 3 is 2.39 bits per heavy atom. The standard InChI is InChI=1S/C19H17F2N3O3S/c1-13-2-4-14(5-3-13)17-7-9-19(24-23-17)27-11-10-22-28(25,26)18-8-6-15(20)12-16(18)21/h2-9,12,22H,10-11H2,1H3. The van der Waals surface area contributed by atoms with Gasteiger partial charge >= 0.3 is 0 Å². The third-order valence-electron chi connectivity index (χ3n) is 3.81. The molecule has 28 heavy (non-hydrogen) atoms.